The molecular formula is C22H16O4. The first-order chi connectivity index (χ1) is 12.5. The monoisotopic (exact) mass is 344 g/mol. The molecule has 0 unspecified atom stereocenters. The standard InChI is InChI=1S/C22H16O4/c1-22-17(13-10-6-3-7-11-13)14(12-8-4-2-5-9-12)15(19(22)23)16-18(22)21(25)26-20(16)24/h2-11,15-16,18H,1H3/t15-,16+,18-,22+/m0/s1. The predicted octanol–water partition coefficient (Wildman–Crippen LogP) is 3.13. The van der Waals surface area contributed by atoms with E-state index in [0.29, 0.717) is 0 Å². The van der Waals surface area contributed by atoms with Gasteiger partial charge in [-0.15, -0.1) is 0 Å². The first-order valence-electron chi connectivity index (χ1n) is 8.70. The molecular weight excluding hydrogens is 328 g/mol. The summed E-state index contributed by atoms with van der Waals surface area (Å²) in [6.45, 7) is 1.80. The second kappa shape index (κ2) is 5.01. The van der Waals surface area contributed by atoms with Gasteiger partial charge < -0.3 is 4.74 Å². The highest BCUT2D eigenvalue weighted by Crippen LogP contribution is 2.67. The highest BCUT2D eigenvalue weighted by molar-refractivity contribution is 6.25. The Kier molecular flexibility index (Phi) is 2.94. The third-order valence-corrected chi connectivity index (χ3v) is 6.11. The Morgan fingerprint density at radius 1 is 0.808 bits per heavy atom. The minimum absolute atomic E-state index is 0.0461. The zero-order valence-corrected chi connectivity index (χ0v) is 14.1. The van der Waals surface area contributed by atoms with Crippen molar-refractivity contribution in [1.82, 2.24) is 0 Å². The molecule has 1 saturated carbocycles. The molecule has 4 atom stereocenters. The molecule has 0 aromatic heterocycles. The lowest BCUT2D eigenvalue weighted by Crippen LogP contribution is -2.34. The number of ketones is 1. The van der Waals surface area contributed by atoms with E-state index in [2.05, 4.69) is 0 Å². The van der Waals surface area contributed by atoms with Crippen LogP contribution in [0.25, 0.3) is 11.1 Å². The molecule has 1 saturated heterocycles. The molecule has 26 heavy (non-hydrogen) atoms. The van der Waals surface area contributed by atoms with Gasteiger partial charge in [-0.1, -0.05) is 60.7 Å². The summed E-state index contributed by atoms with van der Waals surface area (Å²) in [6, 6.07) is 19.3. The molecule has 2 bridgehead atoms. The van der Waals surface area contributed by atoms with Gasteiger partial charge in [-0.2, -0.15) is 0 Å². The Balaban J connectivity index is 1.85. The maximum atomic E-state index is 13.4. The van der Waals surface area contributed by atoms with Crippen LogP contribution in [0.2, 0.25) is 0 Å². The fourth-order valence-corrected chi connectivity index (χ4v) is 5.10. The Bertz CT molecular complexity index is 989. The topological polar surface area (TPSA) is 60.4 Å². The van der Waals surface area contributed by atoms with Crippen molar-refractivity contribution in [3.05, 3.63) is 71.8 Å². The van der Waals surface area contributed by atoms with Crippen molar-refractivity contribution < 1.29 is 19.1 Å². The number of rotatable bonds is 2. The maximum Gasteiger partial charge on any atom is 0.318 e. The zero-order valence-electron chi connectivity index (χ0n) is 14.1. The normalized spacial score (nSPS) is 32.2. The van der Waals surface area contributed by atoms with Gasteiger partial charge in [0.15, 0.2) is 5.78 Å². The minimum Gasteiger partial charge on any atom is -0.393 e. The van der Waals surface area contributed by atoms with Crippen LogP contribution < -0.4 is 0 Å². The molecule has 0 N–H and O–H groups in total. The van der Waals surface area contributed by atoms with E-state index >= 15 is 0 Å². The number of allylic oxidation sites excluding steroid dienone is 2. The lowest BCUT2D eigenvalue weighted by Gasteiger charge is -2.32. The predicted molar refractivity (Wildman–Crippen MR) is 94.4 cm³/mol. The van der Waals surface area contributed by atoms with Crippen molar-refractivity contribution >= 4 is 28.9 Å². The molecule has 2 fully saturated rings. The molecule has 3 aliphatic rings. The van der Waals surface area contributed by atoms with Crippen molar-refractivity contribution in [3.8, 4) is 0 Å². The van der Waals surface area contributed by atoms with Crippen molar-refractivity contribution in [3.63, 3.8) is 0 Å². The average molecular weight is 344 g/mol. The molecule has 1 aliphatic heterocycles. The zero-order chi connectivity index (χ0) is 18.1. The molecule has 0 radical (unpaired) electrons. The largest absolute Gasteiger partial charge is 0.393 e. The fourth-order valence-electron chi connectivity index (χ4n) is 5.10. The first-order valence-corrected chi connectivity index (χ1v) is 8.70. The summed E-state index contributed by atoms with van der Waals surface area (Å²) in [7, 11) is 0. The summed E-state index contributed by atoms with van der Waals surface area (Å²) in [5.74, 6) is -3.24. The Morgan fingerprint density at radius 2 is 1.38 bits per heavy atom. The van der Waals surface area contributed by atoms with E-state index in [4.69, 9.17) is 4.74 Å². The van der Waals surface area contributed by atoms with Crippen LogP contribution in [0.5, 0.6) is 0 Å². The van der Waals surface area contributed by atoms with Gasteiger partial charge in [0, 0.05) is 0 Å². The van der Waals surface area contributed by atoms with E-state index < -0.39 is 35.1 Å². The third kappa shape index (κ3) is 1.66. The van der Waals surface area contributed by atoms with Gasteiger partial charge in [0.2, 0.25) is 0 Å². The van der Waals surface area contributed by atoms with Gasteiger partial charge in [0.05, 0.1) is 23.2 Å². The quantitative estimate of drug-likeness (QED) is 0.620. The Hall–Kier alpha value is -3.01. The van der Waals surface area contributed by atoms with Crippen LogP contribution in [-0.2, 0) is 19.1 Å². The summed E-state index contributed by atoms with van der Waals surface area (Å²) < 4.78 is 4.93. The van der Waals surface area contributed by atoms with Crippen LogP contribution in [0, 0.1) is 23.2 Å². The first kappa shape index (κ1) is 15.3. The molecule has 4 nitrogen and oxygen atoms in total. The summed E-state index contributed by atoms with van der Waals surface area (Å²) in [5, 5.41) is 0. The van der Waals surface area contributed by atoms with E-state index in [9.17, 15) is 14.4 Å². The van der Waals surface area contributed by atoms with Gasteiger partial charge in [0.25, 0.3) is 0 Å². The lowest BCUT2D eigenvalue weighted by atomic mass is 9.66. The molecule has 4 heteroatoms. The molecule has 128 valence electrons. The highest BCUT2D eigenvalue weighted by Gasteiger charge is 2.73. The van der Waals surface area contributed by atoms with Crippen LogP contribution in [0.4, 0.5) is 0 Å². The third-order valence-electron chi connectivity index (χ3n) is 6.11. The number of hydrogen-bond donors (Lipinski definition) is 0. The smallest absolute Gasteiger partial charge is 0.318 e. The Labute approximate surface area is 150 Å². The number of Topliss-reactive ketones (excluding diaryl/α,β-unsaturated/α-hetero) is 1. The molecule has 0 amide bonds. The summed E-state index contributed by atoms with van der Waals surface area (Å²) in [5.41, 5.74) is 2.50. The summed E-state index contributed by atoms with van der Waals surface area (Å²) in [6.07, 6.45) is 0. The number of carbonyl (C=O) groups is 3. The summed E-state index contributed by atoms with van der Waals surface area (Å²) >= 11 is 0. The van der Waals surface area contributed by atoms with Gasteiger partial charge in [0.1, 0.15) is 0 Å². The van der Waals surface area contributed by atoms with Gasteiger partial charge in [-0.3, -0.25) is 14.4 Å². The highest BCUT2D eigenvalue weighted by atomic mass is 16.6. The van der Waals surface area contributed by atoms with Gasteiger partial charge >= 0.3 is 11.9 Å². The second-order valence-corrected chi connectivity index (χ2v) is 7.31. The number of cyclic esters (lactones) is 2. The minimum atomic E-state index is -1.04. The molecule has 2 aromatic rings. The van der Waals surface area contributed by atoms with E-state index in [1.807, 2.05) is 60.7 Å². The summed E-state index contributed by atoms with van der Waals surface area (Å²) in [4.78, 5) is 38.1. The molecule has 2 aliphatic carbocycles. The van der Waals surface area contributed by atoms with Crippen LogP contribution in [0.15, 0.2) is 60.7 Å². The molecule has 5 rings (SSSR count). The van der Waals surface area contributed by atoms with E-state index in [-0.39, 0.29) is 5.78 Å². The molecule has 1 heterocycles. The van der Waals surface area contributed by atoms with Gasteiger partial charge in [-0.25, -0.2) is 0 Å². The Morgan fingerprint density at radius 3 is 2.00 bits per heavy atom. The van der Waals surface area contributed by atoms with Crippen molar-refractivity contribution in [2.45, 2.75) is 6.92 Å². The number of carbonyl (C=O) groups excluding carboxylic acids is 3. The van der Waals surface area contributed by atoms with Crippen molar-refractivity contribution in [2.75, 3.05) is 0 Å². The second-order valence-electron chi connectivity index (χ2n) is 7.31. The maximum absolute atomic E-state index is 13.4. The van der Waals surface area contributed by atoms with E-state index in [0.717, 1.165) is 22.3 Å². The number of esters is 2. The SMILES string of the molecule is C[C@@]12C(=O)[C@@H](C(c3ccccc3)=C1c1ccccc1)[C@H]1C(=O)OC(=O)[C@H]12. The fraction of sp³-hybridized carbons (Fsp3) is 0.227. The molecule has 0 spiro atoms. The van der Waals surface area contributed by atoms with E-state index in [1.165, 1.54) is 0 Å². The van der Waals surface area contributed by atoms with Crippen molar-refractivity contribution in [2.24, 2.45) is 23.2 Å². The van der Waals surface area contributed by atoms with Crippen LogP contribution in [0.3, 0.4) is 0 Å². The average Bonchev–Trinajstić information content (AvgIpc) is 3.17. The van der Waals surface area contributed by atoms with Crippen LogP contribution >= 0.6 is 0 Å². The number of fused-ring (bicyclic) bond motifs is 5. The number of ether oxygens (including phenoxy) is 1. The number of hydrogen-bond acceptors (Lipinski definition) is 4. The molecule has 2 aromatic carbocycles. The van der Waals surface area contributed by atoms with Crippen LogP contribution in [-0.4, -0.2) is 17.7 Å². The van der Waals surface area contributed by atoms with Crippen molar-refractivity contribution in [1.29, 1.82) is 0 Å². The number of benzene rings is 2. The van der Waals surface area contributed by atoms with Crippen LogP contribution in [0.1, 0.15) is 18.1 Å². The van der Waals surface area contributed by atoms with E-state index in [1.54, 1.807) is 6.92 Å². The van der Waals surface area contributed by atoms with Gasteiger partial charge in [-0.05, 0) is 29.2 Å². The lowest BCUT2D eigenvalue weighted by molar-refractivity contribution is -0.156.